The number of nitrogens with one attached hydrogen (secondary N) is 1. The van der Waals surface area contributed by atoms with Crippen LogP contribution in [0.1, 0.15) is 12.5 Å². The molecule has 26 heavy (non-hydrogen) atoms. The van der Waals surface area contributed by atoms with Gasteiger partial charge in [0.1, 0.15) is 0 Å². The Morgan fingerprint density at radius 2 is 2.08 bits per heavy atom. The Labute approximate surface area is 156 Å². The number of thiazole rings is 1. The summed E-state index contributed by atoms with van der Waals surface area (Å²) in [6.45, 7) is 1.76. The Hall–Kier alpha value is -2.96. The van der Waals surface area contributed by atoms with E-state index < -0.39 is 10.2 Å². The Morgan fingerprint density at radius 3 is 2.73 bits per heavy atom. The minimum absolute atomic E-state index is 0.0179. The number of non-ortho nitro benzene ring substituents is 1. The van der Waals surface area contributed by atoms with Crippen LogP contribution in [0.25, 0.3) is 10.2 Å². The monoisotopic (exact) mass is 384 g/mol. The van der Waals surface area contributed by atoms with E-state index in [1.54, 1.807) is 37.3 Å². The Kier molecular flexibility index (Phi) is 5.16. The highest BCUT2D eigenvalue weighted by Gasteiger charge is 2.18. The quantitative estimate of drug-likeness (QED) is 0.401. The number of nitro groups is 1. The molecule has 0 aliphatic carbocycles. The van der Waals surface area contributed by atoms with Crippen molar-refractivity contribution in [3.63, 3.8) is 0 Å². The van der Waals surface area contributed by atoms with Crippen molar-refractivity contribution in [2.75, 3.05) is 5.32 Å². The summed E-state index contributed by atoms with van der Waals surface area (Å²) in [5.41, 5.74) is 1.82. The third-order valence-corrected chi connectivity index (χ3v) is 5.70. The van der Waals surface area contributed by atoms with Gasteiger partial charge in [-0.05, 0) is 37.3 Å². The summed E-state index contributed by atoms with van der Waals surface area (Å²) in [7, 11) is 0. The largest absolute Gasteiger partial charge is 0.325 e. The number of benzene rings is 2. The van der Waals surface area contributed by atoms with E-state index in [1.165, 1.54) is 35.2 Å². The summed E-state index contributed by atoms with van der Waals surface area (Å²) in [5, 5.41) is 22.0. The fraction of sp³-hybridized carbons (Fsp3) is 0.118. The number of nitro benzene ring substituents is 1. The van der Waals surface area contributed by atoms with Crippen LogP contribution in [0.2, 0.25) is 0 Å². The fourth-order valence-electron chi connectivity index (χ4n) is 2.13. The van der Waals surface area contributed by atoms with Gasteiger partial charge in [0.05, 0.1) is 32.0 Å². The predicted octanol–water partition coefficient (Wildman–Crippen LogP) is 4.20. The van der Waals surface area contributed by atoms with E-state index in [4.69, 9.17) is 5.26 Å². The van der Waals surface area contributed by atoms with E-state index >= 15 is 0 Å². The zero-order valence-electron chi connectivity index (χ0n) is 13.5. The van der Waals surface area contributed by atoms with Crippen molar-refractivity contribution in [3.05, 3.63) is 58.1 Å². The first kappa shape index (κ1) is 17.8. The smallest absolute Gasteiger partial charge is 0.270 e. The van der Waals surface area contributed by atoms with Gasteiger partial charge in [0.15, 0.2) is 4.34 Å². The number of carbonyl (C=O) groups is 1. The van der Waals surface area contributed by atoms with Crippen LogP contribution in [-0.4, -0.2) is 21.1 Å². The summed E-state index contributed by atoms with van der Waals surface area (Å²) in [6, 6.07) is 13.1. The molecule has 3 aromatic rings. The Balaban J connectivity index is 1.69. The molecule has 0 radical (unpaired) electrons. The summed E-state index contributed by atoms with van der Waals surface area (Å²) in [4.78, 5) is 27.1. The van der Waals surface area contributed by atoms with E-state index in [0.717, 1.165) is 0 Å². The van der Waals surface area contributed by atoms with Gasteiger partial charge in [-0.15, -0.1) is 11.3 Å². The second-order valence-electron chi connectivity index (χ2n) is 5.33. The lowest BCUT2D eigenvalue weighted by atomic mass is 10.2. The maximum atomic E-state index is 12.3. The molecular weight excluding hydrogens is 372 g/mol. The molecular formula is C17H12N4O3S2. The van der Waals surface area contributed by atoms with Gasteiger partial charge in [-0.1, -0.05) is 11.8 Å². The van der Waals surface area contributed by atoms with Crippen molar-refractivity contribution >= 4 is 50.6 Å². The van der Waals surface area contributed by atoms with Crippen molar-refractivity contribution in [2.45, 2.75) is 16.5 Å². The maximum absolute atomic E-state index is 12.3. The van der Waals surface area contributed by atoms with Crippen molar-refractivity contribution in [1.82, 2.24) is 4.98 Å². The van der Waals surface area contributed by atoms with Crippen molar-refractivity contribution in [3.8, 4) is 6.07 Å². The second kappa shape index (κ2) is 7.51. The third kappa shape index (κ3) is 3.99. The first-order valence-corrected chi connectivity index (χ1v) is 9.18. The van der Waals surface area contributed by atoms with E-state index in [0.29, 0.717) is 25.8 Å². The zero-order chi connectivity index (χ0) is 18.7. The fourth-order valence-corrected chi connectivity index (χ4v) is 4.38. The molecule has 7 nitrogen and oxygen atoms in total. The number of nitrogens with zero attached hydrogens (tertiary/aromatic N) is 3. The SMILES string of the molecule is C[C@H](Sc1nc2ccc([N+](=O)[O-])cc2s1)C(=O)Nc1ccc(C#N)cc1. The number of nitriles is 1. The van der Waals surface area contributed by atoms with Crippen LogP contribution in [0.4, 0.5) is 11.4 Å². The van der Waals surface area contributed by atoms with Crippen LogP contribution in [-0.2, 0) is 4.79 Å². The van der Waals surface area contributed by atoms with E-state index in [1.807, 2.05) is 6.07 Å². The first-order chi connectivity index (χ1) is 12.5. The number of thioether (sulfide) groups is 1. The van der Waals surface area contributed by atoms with Crippen LogP contribution >= 0.6 is 23.1 Å². The average Bonchev–Trinajstić information content (AvgIpc) is 3.03. The molecule has 1 aromatic heterocycles. The Morgan fingerprint density at radius 1 is 1.35 bits per heavy atom. The molecule has 0 aliphatic rings. The molecule has 0 bridgehead atoms. The average molecular weight is 384 g/mol. The van der Waals surface area contributed by atoms with Gasteiger partial charge < -0.3 is 5.32 Å². The van der Waals surface area contributed by atoms with Crippen LogP contribution in [0.3, 0.4) is 0 Å². The summed E-state index contributed by atoms with van der Waals surface area (Å²) in [5.74, 6) is -0.190. The van der Waals surface area contributed by atoms with Crippen LogP contribution in [0, 0.1) is 21.4 Å². The van der Waals surface area contributed by atoms with Gasteiger partial charge in [0.25, 0.3) is 5.69 Å². The highest BCUT2D eigenvalue weighted by molar-refractivity contribution is 8.02. The number of rotatable bonds is 5. The number of anilines is 1. The molecule has 3 rings (SSSR count). The van der Waals surface area contributed by atoms with E-state index in [-0.39, 0.29) is 11.6 Å². The molecule has 0 unspecified atom stereocenters. The van der Waals surface area contributed by atoms with Crippen LogP contribution in [0.15, 0.2) is 46.8 Å². The molecule has 0 saturated heterocycles. The molecule has 1 heterocycles. The highest BCUT2D eigenvalue weighted by Crippen LogP contribution is 2.34. The normalized spacial score (nSPS) is 11.7. The number of hydrogen-bond acceptors (Lipinski definition) is 7. The second-order valence-corrected chi connectivity index (χ2v) is 7.95. The van der Waals surface area contributed by atoms with Gasteiger partial charge in [0, 0.05) is 17.8 Å². The number of amides is 1. The number of fused-ring (bicyclic) bond motifs is 1. The van der Waals surface area contributed by atoms with E-state index in [2.05, 4.69) is 10.3 Å². The minimum atomic E-state index is -0.445. The minimum Gasteiger partial charge on any atom is -0.325 e. The molecule has 0 aliphatic heterocycles. The standard InChI is InChI=1S/C17H12N4O3S2/c1-10(16(22)19-12-4-2-11(9-18)3-5-12)25-17-20-14-7-6-13(21(23)24)8-15(14)26-17/h2-8,10H,1H3,(H,19,22)/t10-/m0/s1. The number of aromatic nitrogens is 1. The summed E-state index contributed by atoms with van der Waals surface area (Å²) >= 11 is 2.61. The molecule has 1 N–H and O–H groups in total. The summed E-state index contributed by atoms with van der Waals surface area (Å²) in [6.07, 6.45) is 0. The highest BCUT2D eigenvalue weighted by atomic mass is 32.2. The van der Waals surface area contributed by atoms with Crippen LogP contribution < -0.4 is 5.32 Å². The molecule has 9 heteroatoms. The van der Waals surface area contributed by atoms with Gasteiger partial charge >= 0.3 is 0 Å². The topological polar surface area (TPSA) is 109 Å². The molecule has 1 atom stereocenters. The first-order valence-electron chi connectivity index (χ1n) is 7.49. The van der Waals surface area contributed by atoms with E-state index in [9.17, 15) is 14.9 Å². The molecule has 130 valence electrons. The lowest BCUT2D eigenvalue weighted by Crippen LogP contribution is -2.22. The molecule has 0 fully saturated rings. The van der Waals surface area contributed by atoms with Gasteiger partial charge in [0.2, 0.25) is 5.91 Å². The van der Waals surface area contributed by atoms with Gasteiger partial charge in [-0.3, -0.25) is 14.9 Å². The van der Waals surface area contributed by atoms with Gasteiger partial charge in [-0.25, -0.2) is 4.98 Å². The third-order valence-electron chi connectivity index (χ3n) is 3.49. The number of carbonyl (C=O) groups excluding carboxylic acids is 1. The van der Waals surface area contributed by atoms with Crippen LogP contribution in [0.5, 0.6) is 0 Å². The Bertz CT molecular complexity index is 1020. The predicted molar refractivity (Wildman–Crippen MR) is 101 cm³/mol. The molecule has 0 spiro atoms. The van der Waals surface area contributed by atoms with Gasteiger partial charge in [-0.2, -0.15) is 5.26 Å². The maximum Gasteiger partial charge on any atom is 0.270 e. The lowest BCUT2D eigenvalue weighted by molar-refractivity contribution is -0.384. The number of hydrogen-bond donors (Lipinski definition) is 1. The summed E-state index contributed by atoms with van der Waals surface area (Å²) < 4.78 is 1.38. The van der Waals surface area contributed by atoms with Crippen molar-refractivity contribution in [1.29, 1.82) is 5.26 Å². The molecule has 1 amide bonds. The molecule has 0 saturated carbocycles. The zero-order valence-corrected chi connectivity index (χ0v) is 15.1. The molecule has 2 aromatic carbocycles. The van der Waals surface area contributed by atoms with Crippen molar-refractivity contribution in [2.24, 2.45) is 0 Å². The van der Waals surface area contributed by atoms with Crippen molar-refractivity contribution < 1.29 is 9.72 Å². The lowest BCUT2D eigenvalue weighted by Gasteiger charge is -2.10.